The highest BCUT2D eigenvalue weighted by atomic mass is 19.4. The quantitative estimate of drug-likeness (QED) is 0.673. The van der Waals surface area contributed by atoms with Crippen molar-refractivity contribution in [3.8, 4) is 0 Å². The number of unbranched alkanes of at least 4 members (excludes halogenated alkanes) is 1. The van der Waals surface area contributed by atoms with Crippen molar-refractivity contribution >= 4 is 17.7 Å². The highest BCUT2D eigenvalue weighted by Gasteiger charge is 2.34. The molecule has 0 saturated carbocycles. The van der Waals surface area contributed by atoms with Gasteiger partial charge in [0.05, 0.1) is 0 Å². The van der Waals surface area contributed by atoms with E-state index in [4.69, 9.17) is 0 Å². The summed E-state index contributed by atoms with van der Waals surface area (Å²) in [7, 11) is 0. The van der Waals surface area contributed by atoms with Crippen molar-refractivity contribution in [1.29, 1.82) is 0 Å². The molecule has 1 saturated heterocycles. The van der Waals surface area contributed by atoms with Gasteiger partial charge in [0.15, 0.2) is 0 Å². The van der Waals surface area contributed by atoms with Crippen LogP contribution >= 0.6 is 0 Å². The Balaban J connectivity index is 2.55. The summed E-state index contributed by atoms with van der Waals surface area (Å²) in [6, 6.07) is 0. The number of alkyl halides is 3. The van der Waals surface area contributed by atoms with Crippen molar-refractivity contribution in [2.45, 2.75) is 45.2 Å². The van der Waals surface area contributed by atoms with Gasteiger partial charge in [-0.1, -0.05) is 13.3 Å². The van der Waals surface area contributed by atoms with Crippen LogP contribution in [0.25, 0.3) is 0 Å². The number of nitrogens with zero attached hydrogens (tertiary/aromatic N) is 2. The molecule has 0 unspecified atom stereocenters. The van der Waals surface area contributed by atoms with Gasteiger partial charge in [-0.25, -0.2) is 0 Å². The molecule has 1 aliphatic heterocycles. The molecule has 0 aromatic rings. The molecule has 120 valence electrons. The van der Waals surface area contributed by atoms with E-state index in [1.165, 1.54) is 0 Å². The number of halogens is 3. The van der Waals surface area contributed by atoms with E-state index in [2.05, 4.69) is 0 Å². The molecule has 1 rings (SSSR count). The van der Waals surface area contributed by atoms with Crippen LogP contribution in [0.3, 0.4) is 0 Å². The van der Waals surface area contributed by atoms with Crippen molar-refractivity contribution in [2.24, 2.45) is 0 Å². The van der Waals surface area contributed by atoms with Gasteiger partial charge in [0.2, 0.25) is 17.7 Å². The third kappa shape index (κ3) is 5.73. The minimum Gasteiger partial charge on any atom is -0.334 e. The molecule has 0 radical (unpaired) electrons. The fourth-order valence-electron chi connectivity index (χ4n) is 2.10. The van der Waals surface area contributed by atoms with Crippen LogP contribution < -0.4 is 0 Å². The van der Waals surface area contributed by atoms with Gasteiger partial charge in [-0.3, -0.25) is 19.3 Å². The number of carbonyl (C=O) groups is 3. The van der Waals surface area contributed by atoms with Gasteiger partial charge >= 0.3 is 6.18 Å². The molecule has 0 aromatic carbocycles. The van der Waals surface area contributed by atoms with Crippen LogP contribution in [0.15, 0.2) is 0 Å². The fourth-order valence-corrected chi connectivity index (χ4v) is 2.10. The molecule has 5 nitrogen and oxygen atoms in total. The van der Waals surface area contributed by atoms with Gasteiger partial charge < -0.3 is 4.90 Å². The van der Waals surface area contributed by atoms with E-state index >= 15 is 0 Å². The molecule has 8 heteroatoms. The van der Waals surface area contributed by atoms with Crippen LogP contribution in [0.2, 0.25) is 0 Å². The molecular weight excluding hydrogens is 289 g/mol. The highest BCUT2D eigenvalue weighted by Crippen LogP contribution is 2.18. The van der Waals surface area contributed by atoms with Gasteiger partial charge in [-0.2, -0.15) is 13.2 Å². The lowest BCUT2D eigenvalue weighted by Crippen LogP contribution is -2.41. The Bertz CT molecular complexity index is 394. The van der Waals surface area contributed by atoms with E-state index in [1.54, 1.807) is 0 Å². The number of rotatable bonds is 7. The molecule has 0 atom stereocenters. The maximum atomic E-state index is 12.4. The van der Waals surface area contributed by atoms with Crippen LogP contribution in [0.5, 0.6) is 0 Å². The molecule has 0 spiro atoms. The number of likely N-dealkylation sites (tertiary alicyclic amines) is 1. The smallest absolute Gasteiger partial charge is 0.334 e. The number of amides is 3. The Morgan fingerprint density at radius 3 is 2.29 bits per heavy atom. The largest absolute Gasteiger partial charge is 0.406 e. The van der Waals surface area contributed by atoms with Crippen LogP contribution in [0, 0.1) is 0 Å². The van der Waals surface area contributed by atoms with Crippen LogP contribution in [-0.2, 0) is 14.4 Å². The molecule has 21 heavy (non-hydrogen) atoms. The molecule has 3 amide bonds. The summed E-state index contributed by atoms with van der Waals surface area (Å²) in [6.07, 6.45) is -3.36. The Labute approximate surface area is 121 Å². The zero-order valence-electron chi connectivity index (χ0n) is 11.9. The Morgan fingerprint density at radius 1 is 1.24 bits per heavy atom. The second kappa shape index (κ2) is 7.42. The molecule has 1 heterocycles. The molecule has 1 aliphatic rings. The first kappa shape index (κ1) is 17.5. The Kier molecular flexibility index (Phi) is 6.17. The fraction of sp³-hybridized carbons (Fsp3) is 0.769. The maximum Gasteiger partial charge on any atom is 0.406 e. The predicted octanol–water partition coefficient (Wildman–Crippen LogP) is 1.72. The zero-order chi connectivity index (χ0) is 16.0. The topological polar surface area (TPSA) is 57.7 Å². The normalized spacial score (nSPS) is 15.7. The second-order valence-corrected chi connectivity index (χ2v) is 4.97. The van der Waals surface area contributed by atoms with E-state index in [9.17, 15) is 27.6 Å². The summed E-state index contributed by atoms with van der Waals surface area (Å²) < 4.78 is 37.3. The third-order valence-corrected chi connectivity index (χ3v) is 3.21. The van der Waals surface area contributed by atoms with Crippen molar-refractivity contribution < 1.29 is 27.6 Å². The van der Waals surface area contributed by atoms with Crippen LogP contribution in [0.1, 0.15) is 39.0 Å². The van der Waals surface area contributed by atoms with Crippen molar-refractivity contribution in [2.75, 3.05) is 19.6 Å². The first-order valence-corrected chi connectivity index (χ1v) is 6.92. The van der Waals surface area contributed by atoms with Gasteiger partial charge in [-0.15, -0.1) is 0 Å². The minimum atomic E-state index is -4.46. The minimum absolute atomic E-state index is 0.0245. The lowest BCUT2D eigenvalue weighted by molar-refractivity contribution is -0.161. The SMILES string of the molecule is CCCCN(CC(F)(F)F)C(=O)CCN1C(=O)CCC1=O. The summed E-state index contributed by atoms with van der Waals surface area (Å²) in [6.45, 7) is 0.402. The van der Waals surface area contributed by atoms with Crippen LogP contribution in [-0.4, -0.2) is 53.3 Å². The average Bonchev–Trinajstić information content (AvgIpc) is 2.70. The summed E-state index contributed by atoms with van der Waals surface area (Å²) >= 11 is 0. The summed E-state index contributed by atoms with van der Waals surface area (Å²) in [5, 5.41) is 0. The lowest BCUT2D eigenvalue weighted by atomic mass is 10.2. The molecule has 1 fully saturated rings. The molecule has 0 N–H and O–H groups in total. The molecule has 0 bridgehead atoms. The van der Waals surface area contributed by atoms with E-state index in [1.807, 2.05) is 6.92 Å². The number of carbonyl (C=O) groups excluding carboxylic acids is 3. The second-order valence-electron chi connectivity index (χ2n) is 4.97. The molecule has 0 aliphatic carbocycles. The molecular formula is C13H19F3N2O3. The van der Waals surface area contributed by atoms with Crippen molar-refractivity contribution in [3.63, 3.8) is 0 Å². The van der Waals surface area contributed by atoms with Crippen molar-refractivity contribution in [3.05, 3.63) is 0 Å². The van der Waals surface area contributed by atoms with E-state index in [0.29, 0.717) is 12.8 Å². The summed E-state index contributed by atoms with van der Waals surface area (Å²) in [4.78, 5) is 36.3. The number of hydrogen-bond acceptors (Lipinski definition) is 3. The number of imide groups is 1. The van der Waals surface area contributed by atoms with Crippen molar-refractivity contribution in [1.82, 2.24) is 9.80 Å². The van der Waals surface area contributed by atoms with Gasteiger partial charge in [0.25, 0.3) is 0 Å². The first-order chi connectivity index (χ1) is 9.74. The van der Waals surface area contributed by atoms with E-state index < -0.39 is 18.6 Å². The van der Waals surface area contributed by atoms with Crippen LogP contribution in [0.4, 0.5) is 13.2 Å². The maximum absolute atomic E-state index is 12.4. The predicted molar refractivity (Wildman–Crippen MR) is 68.1 cm³/mol. The van der Waals surface area contributed by atoms with Gasteiger partial charge in [0, 0.05) is 32.4 Å². The highest BCUT2D eigenvalue weighted by molar-refractivity contribution is 6.02. The Morgan fingerprint density at radius 2 is 1.81 bits per heavy atom. The third-order valence-electron chi connectivity index (χ3n) is 3.21. The lowest BCUT2D eigenvalue weighted by Gasteiger charge is -2.24. The van der Waals surface area contributed by atoms with E-state index in [0.717, 1.165) is 9.80 Å². The first-order valence-electron chi connectivity index (χ1n) is 6.92. The average molecular weight is 308 g/mol. The monoisotopic (exact) mass is 308 g/mol. The van der Waals surface area contributed by atoms with Gasteiger partial charge in [0.1, 0.15) is 6.54 Å². The standard InChI is InChI=1S/C13H19F3N2O3/c1-2-3-7-17(9-13(14,15)16)10(19)6-8-18-11(20)4-5-12(18)21/h2-9H2,1H3. The Hall–Kier alpha value is -1.60. The summed E-state index contributed by atoms with van der Waals surface area (Å²) in [5.41, 5.74) is 0. The summed E-state index contributed by atoms with van der Waals surface area (Å²) in [5.74, 6) is -1.43. The van der Waals surface area contributed by atoms with E-state index in [-0.39, 0.29) is 44.2 Å². The number of hydrogen-bond donors (Lipinski definition) is 0. The van der Waals surface area contributed by atoms with Gasteiger partial charge in [-0.05, 0) is 6.42 Å². The molecule has 0 aromatic heterocycles. The zero-order valence-corrected chi connectivity index (χ0v) is 11.9.